The van der Waals surface area contributed by atoms with Crippen LogP contribution in [0, 0.1) is 0 Å². The molecule has 0 atom stereocenters. The number of anilines is 1. The molecule has 1 aliphatic heterocycles. The molecular weight excluding hydrogens is 334 g/mol. The fraction of sp³-hybridized carbons (Fsp3) is 0.158. The Labute approximate surface area is 150 Å². The summed E-state index contributed by atoms with van der Waals surface area (Å²) in [4.78, 5) is 51.3. The third-order valence-electron chi connectivity index (χ3n) is 4.23. The van der Waals surface area contributed by atoms with Gasteiger partial charge in [0.25, 0.3) is 0 Å². The van der Waals surface area contributed by atoms with E-state index < -0.39 is 30.3 Å². The van der Waals surface area contributed by atoms with Gasteiger partial charge in [0.05, 0.1) is 0 Å². The van der Waals surface area contributed by atoms with Gasteiger partial charge in [0, 0.05) is 19.3 Å². The number of rotatable bonds is 5. The maximum atomic E-state index is 12.5. The molecule has 1 fully saturated rings. The standard InChI is InChI=1S/C19H17N3O4/c1-3-10-21-17(24)18(25)22(19(21)26)12-16(23)20(2)15-9-8-13-6-4-5-7-14(13)11-15/h3-9,11H,1,10,12H2,2H3. The van der Waals surface area contributed by atoms with Gasteiger partial charge in [-0.15, -0.1) is 6.58 Å². The van der Waals surface area contributed by atoms with Crippen LogP contribution in [0.5, 0.6) is 0 Å². The SMILES string of the molecule is C=CCN1C(=O)C(=O)N(CC(=O)N(C)c2ccc3ccccc3c2)C1=O. The first-order valence-electron chi connectivity index (χ1n) is 7.97. The Hall–Kier alpha value is -3.48. The molecule has 26 heavy (non-hydrogen) atoms. The first-order valence-corrected chi connectivity index (χ1v) is 7.97. The number of likely N-dealkylation sites (N-methyl/N-ethyl adjacent to an activating group) is 1. The molecule has 2 aromatic rings. The largest absolute Gasteiger partial charge is 0.335 e. The minimum atomic E-state index is -1.00. The average Bonchev–Trinajstić information content (AvgIpc) is 2.85. The highest BCUT2D eigenvalue weighted by Crippen LogP contribution is 2.22. The lowest BCUT2D eigenvalue weighted by atomic mass is 10.1. The van der Waals surface area contributed by atoms with E-state index in [1.54, 1.807) is 13.1 Å². The van der Waals surface area contributed by atoms with Crippen LogP contribution in [0.2, 0.25) is 0 Å². The zero-order valence-electron chi connectivity index (χ0n) is 14.2. The maximum absolute atomic E-state index is 12.5. The number of imide groups is 2. The Kier molecular flexibility index (Phi) is 4.53. The van der Waals surface area contributed by atoms with Crippen LogP contribution in [0.1, 0.15) is 0 Å². The number of hydrogen-bond donors (Lipinski definition) is 0. The van der Waals surface area contributed by atoms with Gasteiger partial charge in [-0.05, 0) is 22.9 Å². The van der Waals surface area contributed by atoms with Gasteiger partial charge in [0.1, 0.15) is 6.54 Å². The highest BCUT2D eigenvalue weighted by Gasteiger charge is 2.44. The van der Waals surface area contributed by atoms with Gasteiger partial charge in [0.15, 0.2) is 0 Å². The van der Waals surface area contributed by atoms with E-state index in [1.165, 1.54) is 11.0 Å². The summed E-state index contributed by atoms with van der Waals surface area (Å²) < 4.78 is 0. The van der Waals surface area contributed by atoms with Crippen LogP contribution >= 0.6 is 0 Å². The topological polar surface area (TPSA) is 78.0 Å². The Balaban J connectivity index is 1.78. The van der Waals surface area contributed by atoms with E-state index >= 15 is 0 Å². The monoisotopic (exact) mass is 351 g/mol. The molecule has 0 spiro atoms. The molecule has 0 aliphatic carbocycles. The van der Waals surface area contributed by atoms with Crippen molar-refractivity contribution in [3.05, 3.63) is 55.1 Å². The smallest absolute Gasteiger partial charge is 0.314 e. The quantitative estimate of drug-likeness (QED) is 0.467. The van der Waals surface area contributed by atoms with Crippen molar-refractivity contribution in [2.24, 2.45) is 0 Å². The van der Waals surface area contributed by atoms with E-state index in [0.717, 1.165) is 15.7 Å². The zero-order chi connectivity index (χ0) is 18.8. The third kappa shape index (κ3) is 2.95. The molecule has 1 heterocycles. The Bertz CT molecular complexity index is 937. The molecule has 0 radical (unpaired) electrons. The highest BCUT2D eigenvalue weighted by atomic mass is 16.2. The second-order valence-corrected chi connectivity index (χ2v) is 5.86. The molecule has 0 N–H and O–H groups in total. The minimum Gasteiger partial charge on any atom is -0.314 e. The summed E-state index contributed by atoms with van der Waals surface area (Å²) in [5, 5.41) is 2.00. The molecule has 7 nitrogen and oxygen atoms in total. The summed E-state index contributed by atoms with van der Waals surface area (Å²) in [6.45, 7) is 2.87. The fourth-order valence-electron chi connectivity index (χ4n) is 2.75. The predicted octanol–water partition coefficient (Wildman–Crippen LogP) is 1.78. The van der Waals surface area contributed by atoms with Gasteiger partial charge in [-0.25, -0.2) is 9.69 Å². The molecule has 7 heteroatoms. The van der Waals surface area contributed by atoms with Crippen molar-refractivity contribution in [1.29, 1.82) is 0 Å². The van der Waals surface area contributed by atoms with Crippen LogP contribution in [-0.4, -0.2) is 53.7 Å². The summed E-state index contributed by atoms with van der Waals surface area (Å²) >= 11 is 0. The Morgan fingerprint density at radius 3 is 2.38 bits per heavy atom. The number of nitrogens with zero attached hydrogens (tertiary/aromatic N) is 3. The van der Waals surface area contributed by atoms with Crippen molar-refractivity contribution < 1.29 is 19.2 Å². The van der Waals surface area contributed by atoms with Crippen molar-refractivity contribution in [3.8, 4) is 0 Å². The first-order chi connectivity index (χ1) is 12.4. The molecule has 0 aromatic heterocycles. The number of carbonyl (C=O) groups excluding carboxylic acids is 4. The molecule has 1 saturated heterocycles. The van der Waals surface area contributed by atoms with Gasteiger partial charge in [0.2, 0.25) is 5.91 Å². The van der Waals surface area contributed by atoms with Gasteiger partial charge in [-0.2, -0.15) is 0 Å². The van der Waals surface area contributed by atoms with Crippen molar-refractivity contribution in [2.45, 2.75) is 0 Å². The molecule has 0 unspecified atom stereocenters. The second-order valence-electron chi connectivity index (χ2n) is 5.86. The fourth-order valence-corrected chi connectivity index (χ4v) is 2.75. The number of amides is 5. The van der Waals surface area contributed by atoms with Crippen LogP contribution in [0.25, 0.3) is 10.8 Å². The van der Waals surface area contributed by atoms with Crippen molar-refractivity contribution in [3.63, 3.8) is 0 Å². The summed E-state index contributed by atoms with van der Waals surface area (Å²) in [5.41, 5.74) is 0.627. The summed E-state index contributed by atoms with van der Waals surface area (Å²) in [7, 11) is 1.56. The maximum Gasteiger partial charge on any atom is 0.335 e. The number of benzene rings is 2. The summed E-state index contributed by atoms with van der Waals surface area (Å²) in [5.74, 6) is -2.43. The van der Waals surface area contributed by atoms with E-state index in [4.69, 9.17) is 0 Å². The number of urea groups is 1. The zero-order valence-corrected chi connectivity index (χ0v) is 14.2. The van der Waals surface area contributed by atoms with Crippen molar-refractivity contribution >= 4 is 40.2 Å². The van der Waals surface area contributed by atoms with Crippen LogP contribution in [0.4, 0.5) is 10.5 Å². The normalized spacial score (nSPS) is 14.3. The van der Waals surface area contributed by atoms with Crippen LogP contribution in [0.3, 0.4) is 0 Å². The van der Waals surface area contributed by atoms with E-state index in [1.807, 2.05) is 36.4 Å². The van der Waals surface area contributed by atoms with Crippen LogP contribution in [-0.2, 0) is 14.4 Å². The summed E-state index contributed by atoms with van der Waals surface area (Å²) in [6.07, 6.45) is 1.34. The molecule has 2 aromatic carbocycles. The summed E-state index contributed by atoms with van der Waals surface area (Å²) in [6, 6.07) is 12.4. The molecule has 0 bridgehead atoms. The van der Waals surface area contributed by atoms with Crippen LogP contribution < -0.4 is 4.90 Å². The van der Waals surface area contributed by atoms with Crippen LogP contribution in [0.15, 0.2) is 55.1 Å². The first kappa shape index (κ1) is 17.3. The van der Waals surface area contributed by atoms with E-state index in [2.05, 4.69) is 6.58 Å². The number of hydrogen-bond acceptors (Lipinski definition) is 4. The lowest BCUT2D eigenvalue weighted by molar-refractivity contribution is -0.143. The van der Waals surface area contributed by atoms with Gasteiger partial charge < -0.3 is 4.90 Å². The second kappa shape index (κ2) is 6.79. The average molecular weight is 351 g/mol. The third-order valence-corrected chi connectivity index (χ3v) is 4.23. The molecule has 0 saturated carbocycles. The van der Waals surface area contributed by atoms with E-state index in [9.17, 15) is 19.2 Å². The Morgan fingerprint density at radius 1 is 1.04 bits per heavy atom. The highest BCUT2D eigenvalue weighted by molar-refractivity contribution is 6.45. The van der Waals surface area contributed by atoms with E-state index in [0.29, 0.717) is 10.6 Å². The van der Waals surface area contributed by atoms with Gasteiger partial charge >= 0.3 is 17.8 Å². The minimum absolute atomic E-state index is 0.0748. The lowest BCUT2D eigenvalue weighted by Gasteiger charge is -2.21. The number of carbonyl (C=O) groups is 4. The molecule has 1 aliphatic rings. The molecule has 3 rings (SSSR count). The Morgan fingerprint density at radius 2 is 1.69 bits per heavy atom. The predicted molar refractivity (Wildman–Crippen MR) is 96.4 cm³/mol. The van der Waals surface area contributed by atoms with Gasteiger partial charge in [-0.1, -0.05) is 36.4 Å². The molecule has 5 amide bonds. The van der Waals surface area contributed by atoms with E-state index in [-0.39, 0.29) is 6.54 Å². The lowest BCUT2D eigenvalue weighted by Crippen LogP contribution is -2.42. The van der Waals surface area contributed by atoms with Crippen molar-refractivity contribution in [2.75, 3.05) is 25.0 Å². The van der Waals surface area contributed by atoms with Crippen molar-refractivity contribution in [1.82, 2.24) is 9.80 Å². The molecular formula is C19H17N3O4. The van der Waals surface area contributed by atoms with Gasteiger partial charge in [-0.3, -0.25) is 19.3 Å². The number of fused-ring (bicyclic) bond motifs is 1. The molecule has 132 valence electrons.